The average Bonchev–Trinajstić information content (AvgIpc) is 2.72. The first kappa shape index (κ1) is 16.3. The van der Waals surface area contributed by atoms with Crippen LogP contribution < -0.4 is 5.32 Å². The molecule has 0 spiro atoms. The standard InChI is InChI=1S/C15H25N3O2/c1-8-9-18(15(5,6)7)13(19)16-12-10-11(20-17-12)14(2,3)4/h8,10H,1,9H2,2-7H3,(H,16,17,19). The minimum Gasteiger partial charge on any atom is -0.359 e. The summed E-state index contributed by atoms with van der Waals surface area (Å²) in [6.45, 7) is 16.1. The van der Waals surface area contributed by atoms with Crippen molar-refractivity contribution in [2.45, 2.75) is 52.5 Å². The van der Waals surface area contributed by atoms with Gasteiger partial charge in [0.1, 0.15) is 5.76 Å². The lowest BCUT2D eigenvalue weighted by molar-refractivity contribution is 0.167. The van der Waals surface area contributed by atoms with Gasteiger partial charge in [-0.2, -0.15) is 0 Å². The number of urea groups is 1. The summed E-state index contributed by atoms with van der Waals surface area (Å²) in [5.41, 5.74) is -0.435. The fraction of sp³-hybridized carbons (Fsp3) is 0.600. The number of anilines is 1. The van der Waals surface area contributed by atoms with Gasteiger partial charge in [-0.25, -0.2) is 4.79 Å². The zero-order chi connectivity index (χ0) is 15.6. The maximum atomic E-state index is 12.3. The highest BCUT2D eigenvalue weighted by Gasteiger charge is 2.27. The third kappa shape index (κ3) is 4.11. The molecule has 0 aliphatic carbocycles. The number of rotatable bonds is 3. The van der Waals surface area contributed by atoms with Crippen molar-refractivity contribution < 1.29 is 9.32 Å². The number of amides is 2. The van der Waals surface area contributed by atoms with Crippen molar-refractivity contribution in [2.24, 2.45) is 0 Å². The molecule has 5 nitrogen and oxygen atoms in total. The van der Waals surface area contributed by atoms with Crippen LogP contribution in [0.2, 0.25) is 0 Å². The van der Waals surface area contributed by atoms with E-state index in [0.29, 0.717) is 12.4 Å². The summed E-state index contributed by atoms with van der Waals surface area (Å²) in [5.74, 6) is 1.16. The first-order chi connectivity index (χ1) is 9.05. The summed E-state index contributed by atoms with van der Waals surface area (Å²) < 4.78 is 5.25. The molecule has 0 unspecified atom stereocenters. The quantitative estimate of drug-likeness (QED) is 0.856. The Morgan fingerprint density at radius 2 is 2.00 bits per heavy atom. The van der Waals surface area contributed by atoms with Gasteiger partial charge in [0.05, 0.1) is 0 Å². The Hall–Kier alpha value is -1.78. The number of nitrogens with zero attached hydrogens (tertiary/aromatic N) is 2. The maximum Gasteiger partial charge on any atom is 0.323 e. The molecule has 0 atom stereocenters. The van der Waals surface area contributed by atoms with Gasteiger partial charge in [-0.05, 0) is 20.8 Å². The summed E-state index contributed by atoms with van der Waals surface area (Å²) in [6, 6.07) is 1.54. The molecule has 112 valence electrons. The van der Waals surface area contributed by atoms with Gasteiger partial charge in [0.25, 0.3) is 0 Å². The Bertz CT molecular complexity index is 478. The maximum absolute atomic E-state index is 12.3. The smallest absolute Gasteiger partial charge is 0.323 e. The SMILES string of the molecule is C=CCN(C(=O)Nc1cc(C(C)(C)C)on1)C(C)(C)C. The fourth-order valence-corrected chi connectivity index (χ4v) is 1.66. The predicted octanol–water partition coefficient (Wildman–Crippen LogP) is 3.79. The Morgan fingerprint density at radius 3 is 2.40 bits per heavy atom. The Morgan fingerprint density at radius 1 is 1.40 bits per heavy atom. The van der Waals surface area contributed by atoms with E-state index in [9.17, 15) is 4.79 Å². The molecule has 0 aromatic carbocycles. The minimum absolute atomic E-state index is 0.138. The fourth-order valence-electron chi connectivity index (χ4n) is 1.66. The second-order valence-electron chi connectivity index (χ2n) is 6.83. The van der Waals surface area contributed by atoms with Crippen molar-refractivity contribution >= 4 is 11.8 Å². The summed E-state index contributed by atoms with van der Waals surface area (Å²) in [5, 5.41) is 6.65. The molecule has 0 bridgehead atoms. The van der Waals surface area contributed by atoms with Gasteiger partial charge >= 0.3 is 6.03 Å². The van der Waals surface area contributed by atoms with Crippen LogP contribution in [0.4, 0.5) is 10.6 Å². The molecule has 1 rings (SSSR count). The third-order valence-electron chi connectivity index (χ3n) is 2.85. The van der Waals surface area contributed by atoms with E-state index in [1.807, 2.05) is 41.5 Å². The molecule has 0 aliphatic rings. The van der Waals surface area contributed by atoms with E-state index in [1.165, 1.54) is 0 Å². The highest BCUT2D eigenvalue weighted by Crippen LogP contribution is 2.25. The van der Waals surface area contributed by atoms with E-state index in [0.717, 1.165) is 5.76 Å². The van der Waals surface area contributed by atoms with E-state index in [2.05, 4.69) is 17.1 Å². The van der Waals surface area contributed by atoms with Crippen LogP contribution in [0.3, 0.4) is 0 Å². The highest BCUT2D eigenvalue weighted by atomic mass is 16.5. The molecule has 1 heterocycles. The summed E-state index contributed by atoms with van der Waals surface area (Å²) >= 11 is 0. The monoisotopic (exact) mass is 279 g/mol. The molecule has 0 fully saturated rings. The van der Waals surface area contributed by atoms with Gasteiger partial charge < -0.3 is 9.42 Å². The molecule has 0 aliphatic heterocycles. The molecule has 5 heteroatoms. The summed E-state index contributed by atoms with van der Waals surface area (Å²) in [6.07, 6.45) is 1.70. The van der Waals surface area contributed by atoms with E-state index < -0.39 is 0 Å². The number of aromatic nitrogens is 1. The van der Waals surface area contributed by atoms with Crippen molar-refractivity contribution in [1.29, 1.82) is 0 Å². The molecule has 1 aromatic heterocycles. The van der Waals surface area contributed by atoms with Gasteiger partial charge in [0, 0.05) is 23.6 Å². The van der Waals surface area contributed by atoms with Crippen LogP contribution in [0.15, 0.2) is 23.2 Å². The van der Waals surface area contributed by atoms with Crippen LogP contribution >= 0.6 is 0 Å². The van der Waals surface area contributed by atoms with Crippen LogP contribution in [-0.2, 0) is 5.41 Å². The lowest BCUT2D eigenvalue weighted by atomic mass is 9.93. The Balaban J connectivity index is 2.84. The molecule has 0 saturated heterocycles. The van der Waals surface area contributed by atoms with Gasteiger partial charge in [-0.1, -0.05) is 32.0 Å². The second kappa shape index (κ2) is 5.69. The van der Waals surface area contributed by atoms with E-state index in [-0.39, 0.29) is 17.0 Å². The first-order valence-corrected chi connectivity index (χ1v) is 6.72. The highest BCUT2D eigenvalue weighted by molar-refractivity contribution is 5.88. The van der Waals surface area contributed by atoms with Gasteiger partial charge in [0.2, 0.25) is 0 Å². The molecule has 1 N–H and O–H groups in total. The van der Waals surface area contributed by atoms with E-state index >= 15 is 0 Å². The van der Waals surface area contributed by atoms with Gasteiger partial charge in [-0.15, -0.1) is 6.58 Å². The molecule has 0 radical (unpaired) electrons. The molecule has 2 amide bonds. The van der Waals surface area contributed by atoms with Crippen LogP contribution in [0, 0.1) is 0 Å². The summed E-state index contributed by atoms with van der Waals surface area (Å²) in [4.78, 5) is 14.0. The van der Waals surface area contributed by atoms with E-state index in [1.54, 1.807) is 17.0 Å². The largest absolute Gasteiger partial charge is 0.359 e. The number of hydrogen-bond donors (Lipinski definition) is 1. The number of hydrogen-bond acceptors (Lipinski definition) is 3. The van der Waals surface area contributed by atoms with Crippen LogP contribution in [0.1, 0.15) is 47.3 Å². The van der Waals surface area contributed by atoms with Crippen molar-refractivity contribution in [3.8, 4) is 0 Å². The van der Waals surface area contributed by atoms with Crippen molar-refractivity contribution in [3.63, 3.8) is 0 Å². The van der Waals surface area contributed by atoms with Gasteiger partial charge in [0.15, 0.2) is 5.82 Å². The first-order valence-electron chi connectivity index (χ1n) is 6.72. The molecule has 0 saturated carbocycles. The molecular weight excluding hydrogens is 254 g/mol. The molecular formula is C15H25N3O2. The Kier molecular flexibility index (Phi) is 4.63. The van der Waals surface area contributed by atoms with Gasteiger partial charge in [-0.3, -0.25) is 5.32 Å². The van der Waals surface area contributed by atoms with E-state index in [4.69, 9.17) is 4.52 Å². The molecule has 1 aromatic rings. The number of nitrogens with one attached hydrogen (secondary N) is 1. The number of carbonyl (C=O) groups is 1. The van der Waals surface area contributed by atoms with Crippen LogP contribution in [-0.4, -0.2) is 28.2 Å². The normalized spacial score (nSPS) is 12.1. The van der Waals surface area contributed by atoms with Crippen molar-refractivity contribution in [1.82, 2.24) is 10.1 Å². The predicted molar refractivity (Wildman–Crippen MR) is 80.9 cm³/mol. The zero-order valence-corrected chi connectivity index (χ0v) is 13.3. The Labute approximate surface area is 121 Å². The number of carbonyl (C=O) groups excluding carboxylic acids is 1. The third-order valence-corrected chi connectivity index (χ3v) is 2.85. The van der Waals surface area contributed by atoms with Crippen molar-refractivity contribution in [2.75, 3.05) is 11.9 Å². The average molecular weight is 279 g/mol. The topological polar surface area (TPSA) is 58.4 Å². The van der Waals surface area contributed by atoms with Crippen LogP contribution in [0.5, 0.6) is 0 Å². The van der Waals surface area contributed by atoms with Crippen molar-refractivity contribution in [3.05, 3.63) is 24.5 Å². The lowest BCUT2D eigenvalue weighted by Gasteiger charge is -2.34. The second-order valence-corrected chi connectivity index (χ2v) is 6.83. The molecule has 20 heavy (non-hydrogen) atoms. The zero-order valence-electron chi connectivity index (χ0n) is 13.3. The summed E-state index contributed by atoms with van der Waals surface area (Å²) in [7, 11) is 0. The minimum atomic E-state index is -0.297. The lowest BCUT2D eigenvalue weighted by Crippen LogP contribution is -2.47. The van der Waals surface area contributed by atoms with Crippen LogP contribution in [0.25, 0.3) is 0 Å².